The molecule has 0 radical (unpaired) electrons. The number of pyridine rings is 3. The second-order valence-corrected chi connectivity index (χ2v) is 30.9. The molecule has 26 nitrogen and oxygen atoms in total. The second kappa shape index (κ2) is 39.6. The molecule has 3 N–H and O–H groups in total. The first-order valence-corrected chi connectivity index (χ1v) is 40.2. The number of halogens is 3. The molecular formula is C91H98F3N21O5. The summed E-state index contributed by atoms with van der Waals surface area (Å²) >= 11 is 0. The van der Waals surface area contributed by atoms with Crippen LogP contribution in [0.5, 0.6) is 11.8 Å². The van der Waals surface area contributed by atoms with Crippen LogP contribution >= 0.6 is 0 Å². The van der Waals surface area contributed by atoms with Crippen LogP contribution in [-0.2, 0) is 26.1 Å². The van der Waals surface area contributed by atoms with Gasteiger partial charge in [0, 0.05) is 146 Å². The number of ether oxygens (including phenoxy) is 2. The molecule has 0 saturated carbocycles. The first-order valence-electron chi connectivity index (χ1n) is 40.2. The molecule has 29 heteroatoms. The molecule has 3 amide bonds. The summed E-state index contributed by atoms with van der Waals surface area (Å²) in [6.07, 6.45) is 10.2. The zero-order valence-corrected chi connectivity index (χ0v) is 69.5. The Kier molecular flexibility index (Phi) is 28.1. The van der Waals surface area contributed by atoms with E-state index >= 15 is 0 Å². The number of likely N-dealkylation sites (N-methyl/N-ethyl adjacent to an activating group) is 3. The van der Waals surface area contributed by atoms with Crippen molar-refractivity contribution in [3.63, 3.8) is 0 Å². The van der Waals surface area contributed by atoms with E-state index in [1.807, 2.05) is 95.3 Å². The molecular weight excluding hydrogens is 1520 g/mol. The van der Waals surface area contributed by atoms with Crippen LogP contribution in [0, 0.1) is 80.1 Å². The number of anilines is 3. The molecule has 3 aliphatic heterocycles. The number of amides is 3. The number of nitrogens with one attached hydrogen (secondary N) is 3. The van der Waals surface area contributed by atoms with Gasteiger partial charge in [0.1, 0.15) is 17.1 Å². The zero-order chi connectivity index (χ0) is 84.5. The Hall–Kier alpha value is -12.8. The fourth-order valence-corrected chi connectivity index (χ4v) is 13.6. The standard InChI is InChI=1S/C32H36FN7O.C30H32FN7O2.C29H30FN7O2/c1-22(2)5-8-27-10-12-30-34-20-29(40(30)37-27)11-7-24-18-26(19-35-31(24)33)32(41)36-28-9-6-25(23(3)17-28)21-39-15-13-38(4)14-16-39;1-20(2)40-28-10-9-27-32-18-26(38(27)35-28)8-6-22-16-24(17-33-29(22)31)30(39)34-25-7-5-23(21(3)15-25)19-37-13-11-36(4)12-14-37;1-4-39-27-10-9-26-31-18-25(37(26)34-27)8-6-21-16-23(17-32-28(21)30)29(38)33-24-7-5-22(20(2)15-24)19-36-13-11-35(3)12-14-36/h6,9-10,12,17-20,22H,5,8,13-16,21H2,1-4H3,(H,36,41);5,7,9-10,15-18,20H,11-14,19H2,1-4H3,(H,34,39);5,7,9-10,15-18H,4,11-14,19H2,1-3H3,(H,33,38). The lowest BCUT2D eigenvalue weighted by Gasteiger charge is -2.32. The van der Waals surface area contributed by atoms with Gasteiger partial charge in [0.2, 0.25) is 29.6 Å². The highest BCUT2D eigenvalue weighted by Crippen LogP contribution is 2.25. The molecule has 9 aromatic heterocycles. The third-order valence-corrected chi connectivity index (χ3v) is 20.8. The summed E-state index contributed by atoms with van der Waals surface area (Å²) in [5.41, 5.74) is 13.9. The van der Waals surface area contributed by atoms with Crippen molar-refractivity contribution in [1.29, 1.82) is 0 Å². The lowest BCUT2D eigenvalue weighted by Crippen LogP contribution is -2.43. The Labute approximate surface area is 696 Å². The van der Waals surface area contributed by atoms with E-state index in [2.05, 4.69) is 174 Å². The molecule has 120 heavy (non-hydrogen) atoms. The molecule has 0 bridgehead atoms. The van der Waals surface area contributed by atoms with E-state index in [1.54, 1.807) is 47.4 Å². The molecule has 3 saturated heterocycles. The average Bonchev–Trinajstić information content (AvgIpc) is 1.69. The zero-order valence-electron chi connectivity index (χ0n) is 69.5. The maximum absolute atomic E-state index is 14.6. The third-order valence-electron chi connectivity index (χ3n) is 20.8. The van der Waals surface area contributed by atoms with Crippen LogP contribution in [0.1, 0.15) is 145 Å². The van der Waals surface area contributed by atoms with Crippen molar-refractivity contribution < 1.29 is 37.0 Å². The number of hydrogen-bond donors (Lipinski definition) is 3. The van der Waals surface area contributed by atoms with Gasteiger partial charge >= 0.3 is 0 Å². The number of carbonyl (C=O) groups excluding carboxylic acids is 3. The molecule has 12 aromatic rings. The molecule has 618 valence electrons. The van der Waals surface area contributed by atoms with Gasteiger partial charge in [0.25, 0.3) is 17.7 Å². The number of aromatic nitrogens is 12. The summed E-state index contributed by atoms with van der Waals surface area (Å²) in [5.74, 6) is 15.1. The summed E-state index contributed by atoms with van der Waals surface area (Å²) in [6.45, 7) is 32.0. The van der Waals surface area contributed by atoms with Crippen molar-refractivity contribution in [1.82, 2.24) is 88.1 Å². The third kappa shape index (κ3) is 22.7. The Morgan fingerprint density at radius 3 is 1.10 bits per heavy atom. The predicted octanol–water partition coefficient (Wildman–Crippen LogP) is 11.7. The van der Waals surface area contributed by atoms with Crippen LogP contribution < -0.4 is 25.4 Å². The number of hydrogen-bond acceptors (Lipinski definition) is 20. The van der Waals surface area contributed by atoms with Crippen LogP contribution in [0.25, 0.3) is 16.9 Å². The highest BCUT2D eigenvalue weighted by molar-refractivity contribution is 6.05. The van der Waals surface area contributed by atoms with Gasteiger partial charge in [-0.1, -0.05) is 49.8 Å². The second-order valence-electron chi connectivity index (χ2n) is 30.9. The van der Waals surface area contributed by atoms with Gasteiger partial charge in [-0.25, -0.2) is 43.5 Å². The van der Waals surface area contributed by atoms with E-state index in [0.29, 0.717) is 75.4 Å². The van der Waals surface area contributed by atoms with Crippen LogP contribution in [0.4, 0.5) is 30.2 Å². The lowest BCUT2D eigenvalue weighted by molar-refractivity contribution is 0.101. The Morgan fingerprint density at radius 2 is 0.758 bits per heavy atom. The number of carbonyl (C=O) groups is 3. The smallest absolute Gasteiger partial charge is 0.257 e. The van der Waals surface area contributed by atoms with Crippen molar-refractivity contribution >= 4 is 51.7 Å². The van der Waals surface area contributed by atoms with Crippen LogP contribution in [0.15, 0.2) is 146 Å². The molecule has 0 atom stereocenters. The summed E-state index contributed by atoms with van der Waals surface area (Å²) < 4.78 is 59.3. The highest BCUT2D eigenvalue weighted by atomic mass is 19.1. The number of rotatable bonds is 19. The Bertz CT molecular complexity index is 5910. The highest BCUT2D eigenvalue weighted by Gasteiger charge is 2.22. The average molecular weight is 1620 g/mol. The molecule has 3 fully saturated rings. The minimum absolute atomic E-state index is 0.00253. The van der Waals surface area contributed by atoms with E-state index < -0.39 is 29.7 Å². The summed E-state index contributed by atoms with van der Waals surface area (Å²) in [7, 11) is 6.43. The minimum Gasteiger partial charge on any atom is -0.477 e. The van der Waals surface area contributed by atoms with E-state index in [1.165, 1.54) is 62.5 Å². The molecule has 3 aromatic carbocycles. The van der Waals surface area contributed by atoms with Crippen LogP contribution in [-0.4, -0.2) is 218 Å². The van der Waals surface area contributed by atoms with Gasteiger partial charge in [-0.3, -0.25) is 29.1 Å². The van der Waals surface area contributed by atoms with Gasteiger partial charge in [-0.05, 0) is 211 Å². The van der Waals surface area contributed by atoms with Crippen molar-refractivity contribution in [3.05, 3.63) is 254 Å². The maximum Gasteiger partial charge on any atom is 0.257 e. The van der Waals surface area contributed by atoms with E-state index in [9.17, 15) is 27.6 Å². The quantitative estimate of drug-likeness (QED) is 0.0502. The Balaban J connectivity index is 0.000000156. The van der Waals surface area contributed by atoms with Crippen LogP contribution in [0.2, 0.25) is 0 Å². The number of benzene rings is 3. The molecule has 15 rings (SSSR count). The molecule has 3 aliphatic rings. The van der Waals surface area contributed by atoms with Crippen molar-refractivity contribution in [2.75, 3.05) is 122 Å². The summed E-state index contributed by atoms with van der Waals surface area (Å²) in [6, 6.07) is 32.8. The van der Waals surface area contributed by atoms with Gasteiger partial charge in [0.15, 0.2) is 16.9 Å². The number of imidazole rings is 3. The maximum atomic E-state index is 14.6. The van der Waals surface area contributed by atoms with Gasteiger partial charge < -0.3 is 40.1 Å². The number of fused-ring (bicyclic) bond motifs is 3. The van der Waals surface area contributed by atoms with Crippen molar-refractivity contribution in [2.45, 2.75) is 94.0 Å². The monoisotopic (exact) mass is 1620 g/mol. The molecule has 12 heterocycles. The molecule has 0 spiro atoms. The van der Waals surface area contributed by atoms with E-state index in [4.69, 9.17) is 9.47 Å². The summed E-state index contributed by atoms with van der Waals surface area (Å²) in [5, 5.41) is 22.1. The Morgan fingerprint density at radius 1 is 0.417 bits per heavy atom. The first kappa shape index (κ1) is 85.1. The topological polar surface area (TPSA) is 254 Å². The van der Waals surface area contributed by atoms with Crippen molar-refractivity contribution in [3.8, 4) is 47.3 Å². The van der Waals surface area contributed by atoms with Crippen molar-refractivity contribution in [2.24, 2.45) is 5.92 Å². The van der Waals surface area contributed by atoms with Crippen LogP contribution in [0.3, 0.4) is 0 Å². The number of aryl methyl sites for hydroxylation is 4. The SMILES string of the molecule is CCOc1ccc2ncc(C#Cc3cc(C(=O)Nc4ccc(CN5CCN(C)CC5)c(C)c4)cnc3F)n2n1.Cc1cc(NC(=O)c2cnc(F)c(C#Cc3cnc4ccc(CCC(C)C)nn34)c2)ccc1CN1CCN(C)CC1.Cc1cc(NC(=O)c2cnc(F)c(C#Cc3cnc4ccc(OC(C)C)nn34)c2)ccc1CN1CCN(C)CC1. The molecule has 0 aliphatic carbocycles. The van der Waals surface area contributed by atoms with E-state index in [0.717, 1.165) is 133 Å². The summed E-state index contributed by atoms with van der Waals surface area (Å²) in [4.78, 5) is 77.5. The normalized spacial score (nSPS) is 14.2. The minimum atomic E-state index is -0.765. The largest absolute Gasteiger partial charge is 0.477 e. The molecule has 0 unspecified atom stereocenters. The number of nitrogens with zero attached hydrogens (tertiary/aromatic N) is 18. The fourth-order valence-electron chi connectivity index (χ4n) is 13.6. The van der Waals surface area contributed by atoms with E-state index in [-0.39, 0.29) is 45.4 Å². The number of piperazine rings is 3. The predicted molar refractivity (Wildman–Crippen MR) is 455 cm³/mol. The fraction of sp³-hybridized carbons (Fsp3) is 0.341. The van der Waals surface area contributed by atoms with Gasteiger partial charge in [-0.2, -0.15) is 18.3 Å². The van der Waals surface area contributed by atoms with Gasteiger partial charge in [0.05, 0.1) is 70.4 Å². The lowest BCUT2D eigenvalue weighted by atomic mass is 10.1. The van der Waals surface area contributed by atoms with Gasteiger partial charge in [-0.15, -0.1) is 10.2 Å². The first-order chi connectivity index (χ1) is 57.9.